The van der Waals surface area contributed by atoms with Gasteiger partial charge in [0.25, 0.3) is 0 Å². The van der Waals surface area contributed by atoms with Gasteiger partial charge in [0.15, 0.2) is 0 Å². The van der Waals surface area contributed by atoms with Crippen LogP contribution in [0.3, 0.4) is 0 Å². The standard InChI is InChI=1S/C14H17N5O/c1-10(11-8-15-9-11)14(20)17-12-4-2-3-5-13(12)19-7-6-16-18-19/h2-7,10-11,15H,8-9H2,1H3,(H,17,20). The van der Waals surface area contributed by atoms with Gasteiger partial charge in [0.1, 0.15) is 0 Å². The molecule has 1 fully saturated rings. The first-order valence-electron chi connectivity index (χ1n) is 6.73. The highest BCUT2D eigenvalue weighted by molar-refractivity contribution is 5.94. The van der Waals surface area contributed by atoms with Gasteiger partial charge in [-0.15, -0.1) is 5.10 Å². The highest BCUT2D eigenvalue weighted by Crippen LogP contribution is 2.22. The van der Waals surface area contributed by atoms with Crippen LogP contribution in [-0.4, -0.2) is 34.0 Å². The predicted octanol–water partition coefficient (Wildman–Crippen LogP) is 1.06. The zero-order valence-electron chi connectivity index (χ0n) is 11.3. The van der Waals surface area contributed by atoms with Crippen molar-refractivity contribution in [1.82, 2.24) is 20.3 Å². The molecule has 3 rings (SSSR count). The van der Waals surface area contributed by atoms with Crippen molar-refractivity contribution in [2.75, 3.05) is 18.4 Å². The lowest BCUT2D eigenvalue weighted by Gasteiger charge is -2.31. The fourth-order valence-electron chi connectivity index (χ4n) is 2.24. The fraction of sp³-hybridized carbons (Fsp3) is 0.357. The van der Waals surface area contributed by atoms with Crippen LogP contribution in [0.2, 0.25) is 0 Å². The van der Waals surface area contributed by atoms with E-state index in [9.17, 15) is 4.79 Å². The van der Waals surface area contributed by atoms with Crippen LogP contribution in [0.25, 0.3) is 5.69 Å². The summed E-state index contributed by atoms with van der Waals surface area (Å²) < 4.78 is 1.64. The molecular weight excluding hydrogens is 254 g/mol. The molecule has 2 aromatic rings. The van der Waals surface area contributed by atoms with E-state index in [2.05, 4.69) is 20.9 Å². The van der Waals surface area contributed by atoms with E-state index in [0.29, 0.717) is 5.92 Å². The Morgan fingerprint density at radius 3 is 2.90 bits per heavy atom. The first-order chi connectivity index (χ1) is 9.75. The molecular formula is C14H17N5O. The van der Waals surface area contributed by atoms with Crippen LogP contribution in [0, 0.1) is 11.8 Å². The van der Waals surface area contributed by atoms with Gasteiger partial charge in [0.2, 0.25) is 5.91 Å². The number of carbonyl (C=O) groups is 1. The van der Waals surface area contributed by atoms with Gasteiger partial charge < -0.3 is 10.6 Å². The molecule has 1 atom stereocenters. The number of amides is 1. The van der Waals surface area contributed by atoms with Crippen molar-refractivity contribution in [1.29, 1.82) is 0 Å². The summed E-state index contributed by atoms with van der Waals surface area (Å²) in [4.78, 5) is 12.3. The maximum absolute atomic E-state index is 12.3. The molecule has 1 aromatic heterocycles. The molecule has 1 aliphatic rings. The van der Waals surface area contributed by atoms with Crippen molar-refractivity contribution in [3.8, 4) is 5.69 Å². The van der Waals surface area contributed by atoms with Crippen molar-refractivity contribution >= 4 is 11.6 Å². The molecule has 104 valence electrons. The van der Waals surface area contributed by atoms with Crippen molar-refractivity contribution in [2.24, 2.45) is 11.8 Å². The molecule has 0 bridgehead atoms. The SMILES string of the molecule is CC(C(=O)Nc1ccccc1-n1ccnn1)C1CNC1. The summed E-state index contributed by atoms with van der Waals surface area (Å²) in [5.41, 5.74) is 1.57. The number of benzene rings is 1. The maximum Gasteiger partial charge on any atom is 0.227 e. The molecule has 1 unspecified atom stereocenters. The molecule has 6 nitrogen and oxygen atoms in total. The molecule has 1 saturated heterocycles. The summed E-state index contributed by atoms with van der Waals surface area (Å²) in [5.74, 6) is 0.470. The van der Waals surface area contributed by atoms with Gasteiger partial charge in [0.05, 0.1) is 23.8 Å². The molecule has 1 aliphatic heterocycles. The Hall–Kier alpha value is -2.21. The summed E-state index contributed by atoms with van der Waals surface area (Å²) >= 11 is 0. The smallest absolute Gasteiger partial charge is 0.227 e. The van der Waals surface area contributed by atoms with Gasteiger partial charge in [0, 0.05) is 5.92 Å². The second-order valence-electron chi connectivity index (χ2n) is 5.06. The highest BCUT2D eigenvalue weighted by Gasteiger charge is 2.29. The third-order valence-corrected chi connectivity index (χ3v) is 3.76. The van der Waals surface area contributed by atoms with E-state index >= 15 is 0 Å². The minimum absolute atomic E-state index is 0.0000487. The molecule has 2 heterocycles. The van der Waals surface area contributed by atoms with Crippen molar-refractivity contribution < 1.29 is 4.79 Å². The van der Waals surface area contributed by atoms with Crippen molar-refractivity contribution in [3.63, 3.8) is 0 Å². The number of anilines is 1. The number of para-hydroxylation sites is 2. The normalized spacial score (nSPS) is 16.4. The minimum Gasteiger partial charge on any atom is -0.324 e. The average Bonchev–Trinajstić information content (AvgIpc) is 2.91. The van der Waals surface area contributed by atoms with Crippen LogP contribution in [0.1, 0.15) is 6.92 Å². The van der Waals surface area contributed by atoms with E-state index in [1.165, 1.54) is 0 Å². The molecule has 6 heteroatoms. The van der Waals surface area contributed by atoms with E-state index in [1.54, 1.807) is 17.1 Å². The van der Waals surface area contributed by atoms with Crippen molar-refractivity contribution in [2.45, 2.75) is 6.92 Å². The van der Waals surface area contributed by atoms with Crippen LogP contribution in [0.5, 0.6) is 0 Å². The lowest BCUT2D eigenvalue weighted by molar-refractivity contribution is -0.121. The van der Waals surface area contributed by atoms with Gasteiger partial charge in [-0.05, 0) is 31.1 Å². The van der Waals surface area contributed by atoms with Gasteiger partial charge in [-0.3, -0.25) is 4.79 Å². The molecule has 0 saturated carbocycles. The van der Waals surface area contributed by atoms with Crippen LogP contribution >= 0.6 is 0 Å². The summed E-state index contributed by atoms with van der Waals surface area (Å²) in [7, 11) is 0. The largest absolute Gasteiger partial charge is 0.324 e. The Labute approximate surface area is 117 Å². The lowest BCUT2D eigenvalue weighted by Crippen LogP contribution is -2.48. The van der Waals surface area contributed by atoms with Crippen LogP contribution in [0.4, 0.5) is 5.69 Å². The minimum atomic E-state index is 0.0000487. The number of rotatable bonds is 4. The Bertz CT molecular complexity index is 591. The highest BCUT2D eigenvalue weighted by atomic mass is 16.1. The summed E-state index contributed by atoms with van der Waals surface area (Å²) in [6.07, 6.45) is 3.37. The number of carbonyl (C=O) groups excluding carboxylic acids is 1. The van der Waals surface area contributed by atoms with Gasteiger partial charge in [-0.2, -0.15) is 0 Å². The summed E-state index contributed by atoms with van der Waals surface area (Å²) in [6, 6.07) is 7.58. The van der Waals surface area contributed by atoms with Crippen LogP contribution < -0.4 is 10.6 Å². The first kappa shape index (κ1) is 12.8. The molecule has 1 amide bonds. The summed E-state index contributed by atoms with van der Waals surface area (Å²) in [6.45, 7) is 3.80. The zero-order valence-corrected chi connectivity index (χ0v) is 11.3. The molecule has 20 heavy (non-hydrogen) atoms. The Kier molecular flexibility index (Phi) is 3.47. The van der Waals surface area contributed by atoms with E-state index in [-0.39, 0.29) is 11.8 Å². The van der Waals surface area contributed by atoms with Gasteiger partial charge in [-0.1, -0.05) is 24.3 Å². The Balaban J connectivity index is 1.79. The number of aromatic nitrogens is 3. The van der Waals surface area contributed by atoms with Crippen LogP contribution in [-0.2, 0) is 4.79 Å². The van der Waals surface area contributed by atoms with Gasteiger partial charge >= 0.3 is 0 Å². The third-order valence-electron chi connectivity index (χ3n) is 3.76. The second-order valence-corrected chi connectivity index (χ2v) is 5.06. The molecule has 0 spiro atoms. The molecule has 0 aliphatic carbocycles. The fourth-order valence-corrected chi connectivity index (χ4v) is 2.24. The van der Waals surface area contributed by atoms with E-state index in [4.69, 9.17) is 0 Å². The number of hydrogen-bond acceptors (Lipinski definition) is 4. The van der Waals surface area contributed by atoms with E-state index in [1.807, 2.05) is 31.2 Å². The number of nitrogens with zero attached hydrogens (tertiary/aromatic N) is 3. The Morgan fingerprint density at radius 2 is 2.25 bits per heavy atom. The van der Waals surface area contributed by atoms with E-state index < -0.39 is 0 Å². The third kappa shape index (κ3) is 2.42. The molecule has 0 radical (unpaired) electrons. The first-order valence-corrected chi connectivity index (χ1v) is 6.73. The Morgan fingerprint density at radius 1 is 1.45 bits per heavy atom. The molecule has 2 N–H and O–H groups in total. The van der Waals surface area contributed by atoms with E-state index in [0.717, 1.165) is 24.5 Å². The zero-order chi connectivity index (χ0) is 13.9. The second kappa shape index (κ2) is 5.42. The quantitative estimate of drug-likeness (QED) is 0.872. The van der Waals surface area contributed by atoms with Gasteiger partial charge in [-0.25, -0.2) is 4.68 Å². The lowest BCUT2D eigenvalue weighted by atomic mass is 9.88. The summed E-state index contributed by atoms with van der Waals surface area (Å²) in [5, 5.41) is 13.9. The van der Waals surface area contributed by atoms with Crippen LogP contribution in [0.15, 0.2) is 36.7 Å². The van der Waals surface area contributed by atoms with Crippen molar-refractivity contribution in [3.05, 3.63) is 36.7 Å². The average molecular weight is 271 g/mol. The maximum atomic E-state index is 12.3. The number of hydrogen-bond donors (Lipinski definition) is 2. The predicted molar refractivity (Wildman–Crippen MR) is 75.5 cm³/mol. The molecule has 1 aromatic carbocycles. The number of nitrogens with one attached hydrogen (secondary N) is 2. The topological polar surface area (TPSA) is 71.8 Å². The monoisotopic (exact) mass is 271 g/mol.